The molecule has 0 bridgehead atoms. The lowest BCUT2D eigenvalue weighted by atomic mass is 9.98. The van der Waals surface area contributed by atoms with Crippen LogP contribution in [0.15, 0.2) is 231 Å². The fourth-order valence-corrected chi connectivity index (χ4v) is 9.58. The number of nitrogens with two attached hydrogens (primary N) is 1. The summed E-state index contributed by atoms with van der Waals surface area (Å²) in [4.78, 5) is 19.1. The summed E-state index contributed by atoms with van der Waals surface area (Å²) in [6, 6.07) is 78.4. The van der Waals surface area contributed by atoms with Gasteiger partial charge in [0.2, 0.25) is 0 Å². The summed E-state index contributed by atoms with van der Waals surface area (Å²) >= 11 is 0. The van der Waals surface area contributed by atoms with Crippen LogP contribution in [0.3, 0.4) is 0 Å². The molecule has 0 saturated carbocycles. The van der Waals surface area contributed by atoms with Gasteiger partial charge in [0.25, 0.3) is 5.69 Å². The molecule has 6 N–H and O–H groups in total. The van der Waals surface area contributed by atoms with Gasteiger partial charge in [-0.05, 0) is 60.3 Å². The Hall–Kier alpha value is -9.08. The fraction of sp³-hybridized carbons (Fsp3) is 0.0476. The number of nitrogens with zero attached hydrogens (tertiary/aromatic N) is 1. The molecule has 12 aromatic rings. The van der Waals surface area contributed by atoms with E-state index < -0.39 is 0 Å². The van der Waals surface area contributed by atoms with Gasteiger partial charge in [-0.1, -0.05) is 226 Å². The number of hydrogen-bond donors (Lipinski definition) is 5. The van der Waals surface area contributed by atoms with Crippen molar-refractivity contribution in [1.29, 1.82) is 0 Å². The first-order chi connectivity index (χ1) is 34.5. The number of aliphatic hydroxyl groups excluding tert-OH is 2. The number of anilines is 1. The molecule has 8 heteroatoms. The highest BCUT2D eigenvalue weighted by Crippen LogP contribution is 2.38. The van der Waals surface area contributed by atoms with Crippen molar-refractivity contribution in [2.45, 2.75) is 7.43 Å². The molecule has 71 heavy (non-hydrogen) atoms. The maximum atomic E-state index is 12.1. The van der Waals surface area contributed by atoms with Crippen LogP contribution < -0.4 is 5.73 Å². The van der Waals surface area contributed by atoms with E-state index in [-0.39, 0.29) is 18.0 Å². The van der Waals surface area contributed by atoms with E-state index in [9.17, 15) is 10.1 Å². The molecule has 12 rings (SSSR count). The molecule has 0 unspecified atom stereocenters. The Balaban J connectivity index is 0.000000176. The molecule has 2 aromatic heterocycles. The second-order valence-corrected chi connectivity index (χ2v) is 16.3. The Labute approximate surface area is 411 Å². The van der Waals surface area contributed by atoms with Gasteiger partial charge in [0.1, 0.15) is 5.52 Å². The molecule has 0 atom stereocenters. The molecule has 0 radical (unpaired) electrons. The Morgan fingerprint density at radius 3 is 0.972 bits per heavy atom. The third kappa shape index (κ3) is 9.29. The van der Waals surface area contributed by atoms with Crippen molar-refractivity contribution in [1.82, 2.24) is 9.97 Å². The Morgan fingerprint density at radius 1 is 0.338 bits per heavy atom. The first-order valence-electron chi connectivity index (χ1n) is 22.9. The van der Waals surface area contributed by atoms with Crippen molar-refractivity contribution < 1.29 is 15.1 Å². The molecule has 8 nitrogen and oxygen atoms in total. The van der Waals surface area contributed by atoms with E-state index in [1.807, 2.05) is 78.9 Å². The van der Waals surface area contributed by atoms with E-state index in [0.717, 1.165) is 96.2 Å². The maximum Gasteiger partial charge on any atom is 0.293 e. The van der Waals surface area contributed by atoms with Gasteiger partial charge in [-0.3, -0.25) is 10.1 Å². The smallest absolute Gasteiger partial charge is 0.293 e. The van der Waals surface area contributed by atoms with Crippen LogP contribution in [0, 0.1) is 10.1 Å². The van der Waals surface area contributed by atoms with E-state index in [2.05, 4.69) is 149 Å². The lowest BCUT2D eigenvalue weighted by Gasteiger charge is -2.08. The summed E-state index contributed by atoms with van der Waals surface area (Å²) in [6.07, 6.45) is 0. The number of fused-ring (bicyclic) bond motifs is 14. The highest BCUT2D eigenvalue weighted by molar-refractivity contribution is 6.22. The molecular weight excluding hydrogens is 877 g/mol. The van der Waals surface area contributed by atoms with Crippen LogP contribution in [0.5, 0.6) is 0 Å². The molecule has 0 saturated heterocycles. The zero-order valence-electron chi connectivity index (χ0n) is 38.7. The van der Waals surface area contributed by atoms with Crippen molar-refractivity contribution in [3.63, 3.8) is 0 Å². The first kappa shape index (κ1) is 48.4. The standard InChI is InChI=1S/C30H20N2O2.C30H22N2.2CH4O.CH4/c33-32(34)28-19-9-18-27-25-15-7-5-13-23(25)22-12-4-6-14-24(22)26-17-8-16-21(29(26)31-30(27)28)20-10-2-1-3-11-20;31-28-19-9-18-27-25-15-7-5-13-23(25)22-12-4-6-14-24(22)26-17-8-16-21(29(26)32-30(27)28)20-10-2-1-3-11-20;2*1-2;/h1-19,31H;1-19,32H,31H2;2*2H,1H3;1H4. The van der Waals surface area contributed by atoms with Crippen molar-refractivity contribution in [3.8, 4) is 22.3 Å². The molecule has 10 aromatic carbocycles. The predicted molar refractivity (Wildman–Crippen MR) is 302 cm³/mol. The van der Waals surface area contributed by atoms with Crippen molar-refractivity contribution in [2.24, 2.45) is 0 Å². The van der Waals surface area contributed by atoms with Gasteiger partial charge >= 0.3 is 0 Å². The summed E-state index contributed by atoms with van der Waals surface area (Å²) in [7, 11) is 2.00. The van der Waals surface area contributed by atoms with E-state index in [4.69, 9.17) is 15.9 Å². The van der Waals surface area contributed by atoms with Gasteiger partial charge in [-0.25, -0.2) is 0 Å². The van der Waals surface area contributed by atoms with Gasteiger partial charge in [0, 0.05) is 53.0 Å². The van der Waals surface area contributed by atoms with Gasteiger partial charge in [-0.2, -0.15) is 0 Å². The van der Waals surface area contributed by atoms with E-state index in [1.165, 1.54) is 27.1 Å². The minimum atomic E-state index is -0.315. The molecule has 0 spiro atoms. The zero-order chi connectivity index (χ0) is 48.6. The van der Waals surface area contributed by atoms with E-state index in [1.54, 1.807) is 12.1 Å². The number of nitro groups is 1. The molecular formula is C63H54N4O4. The highest BCUT2D eigenvalue weighted by Gasteiger charge is 2.16. The highest BCUT2D eigenvalue weighted by atomic mass is 16.6. The van der Waals surface area contributed by atoms with Gasteiger partial charge in [0.15, 0.2) is 0 Å². The van der Waals surface area contributed by atoms with Gasteiger partial charge < -0.3 is 25.9 Å². The second-order valence-electron chi connectivity index (χ2n) is 16.3. The Bertz CT molecular complexity index is 4000. The van der Waals surface area contributed by atoms with Crippen LogP contribution in [-0.2, 0) is 0 Å². The predicted octanol–water partition coefficient (Wildman–Crippen LogP) is 16.2. The van der Waals surface area contributed by atoms with Crippen LogP contribution in [0.1, 0.15) is 7.43 Å². The average molecular weight is 931 g/mol. The lowest BCUT2D eigenvalue weighted by molar-refractivity contribution is -0.383. The summed E-state index contributed by atoms with van der Waals surface area (Å²) in [5, 5.41) is 39.1. The van der Waals surface area contributed by atoms with Crippen molar-refractivity contribution in [2.75, 3.05) is 20.0 Å². The van der Waals surface area contributed by atoms with E-state index >= 15 is 0 Å². The van der Waals surface area contributed by atoms with Gasteiger partial charge in [-0.15, -0.1) is 0 Å². The number of hydrogen-bond acceptors (Lipinski definition) is 5. The number of H-pyrrole nitrogens is 2. The topological polar surface area (TPSA) is 141 Å². The lowest BCUT2D eigenvalue weighted by Crippen LogP contribution is -1.91. The van der Waals surface area contributed by atoms with Crippen molar-refractivity contribution >= 4 is 98.1 Å². The minimum Gasteiger partial charge on any atom is -0.400 e. The normalized spacial score (nSPS) is 10.6. The van der Waals surface area contributed by atoms with Crippen LogP contribution in [0.25, 0.3) is 109 Å². The molecule has 350 valence electrons. The number of nitrogen functional groups attached to an aromatic ring is 1. The fourth-order valence-electron chi connectivity index (χ4n) is 9.58. The molecule has 0 aliphatic rings. The first-order valence-corrected chi connectivity index (χ1v) is 22.9. The third-order valence-corrected chi connectivity index (χ3v) is 12.6. The second kappa shape index (κ2) is 21.9. The summed E-state index contributed by atoms with van der Waals surface area (Å²) < 4.78 is 0. The number of aliphatic hydroxyl groups is 2. The SMILES string of the molecule is C.CO.CO.Nc1cccc2c1[nH]c1c(-c3ccccc3)cccc1c1ccccc1c1ccccc21.O=[N+]([O-])c1cccc2c1[nH]c1c(-c3ccccc3)cccc1c1ccccc1c1ccccc21. The number of para-hydroxylation sites is 4. The monoisotopic (exact) mass is 930 g/mol. The maximum absolute atomic E-state index is 12.1. The molecule has 0 fully saturated rings. The number of rotatable bonds is 3. The number of aromatic nitrogens is 2. The number of aromatic amines is 2. The summed E-state index contributed by atoms with van der Waals surface area (Å²) in [5.41, 5.74) is 15.1. The van der Waals surface area contributed by atoms with Gasteiger partial charge in [0.05, 0.1) is 27.2 Å². The minimum absolute atomic E-state index is 0. The molecule has 0 aliphatic heterocycles. The molecule has 0 amide bonds. The Kier molecular flexibility index (Phi) is 14.9. The van der Waals surface area contributed by atoms with Crippen molar-refractivity contribution in [3.05, 3.63) is 241 Å². The molecule has 0 aliphatic carbocycles. The number of non-ortho nitro benzene ring substituents is 1. The van der Waals surface area contributed by atoms with Crippen LogP contribution in [-0.4, -0.2) is 39.3 Å². The zero-order valence-corrected chi connectivity index (χ0v) is 38.7. The third-order valence-electron chi connectivity index (χ3n) is 12.6. The molecule has 2 heterocycles. The summed E-state index contributed by atoms with van der Waals surface area (Å²) in [5.74, 6) is 0. The average Bonchev–Trinajstić information content (AvgIpc) is 3.51. The van der Waals surface area contributed by atoms with Crippen LogP contribution in [0.2, 0.25) is 0 Å². The number of nitrogens with one attached hydrogen (secondary N) is 2. The number of nitro benzene ring substituents is 1. The van der Waals surface area contributed by atoms with E-state index in [0.29, 0.717) is 5.52 Å². The number of benzene rings is 10. The van der Waals surface area contributed by atoms with Crippen LogP contribution >= 0.6 is 0 Å². The summed E-state index contributed by atoms with van der Waals surface area (Å²) in [6.45, 7) is 0. The van der Waals surface area contributed by atoms with Crippen LogP contribution in [0.4, 0.5) is 11.4 Å². The largest absolute Gasteiger partial charge is 0.400 e. The Morgan fingerprint density at radius 2 is 0.606 bits per heavy atom. The quantitative estimate of drug-likeness (QED) is 0.0681.